The molecular formula is C19H30O2. The van der Waals surface area contributed by atoms with Crippen LogP contribution in [0.4, 0.5) is 0 Å². The Morgan fingerprint density at radius 3 is 2.62 bits per heavy atom. The van der Waals surface area contributed by atoms with E-state index in [2.05, 4.69) is 39.0 Å². The maximum atomic E-state index is 11.5. The molecule has 1 atom stereocenters. The van der Waals surface area contributed by atoms with Gasteiger partial charge in [-0.05, 0) is 65.7 Å². The van der Waals surface area contributed by atoms with Crippen LogP contribution in [0.25, 0.3) is 0 Å². The number of allylic oxidation sites excluding steroid dienone is 6. The molecule has 0 aliphatic heterocycles. The highest BCUT2D eigenvalue weighted by Crippen LogP contribution is 2.27. The first kappa shape index (κ1) is 17.7. The van der Waals surface area contributed by atoms with Crippen LogP contribution < -0.4 is 0 Å². The van der Waals surface area contributed by atoms with Crippen molar-refractivity contribution in [1.29, 1.82) is 0 Å². The number of esters is 1. The molecule has 0 fully saturated rings. The number of ether oxygens (including phenoxy) is 1. The van der Waals surface area contributed by atoms with Crippen LogP contribution in [0.5, 0.6) is 0 Å². The molecule has 1 aliphatic rings. The van der Waals surface area contributed by atoms with Crippen LogP contribution in [0.3, 0.4) is 0 Å². The zero-order valence-corrected chi connectivity index (χ0v) is 14.1. The zero-order valence-electron chi connectivity index (χ0n) is 14.1. The summed E-state index contributed by atoms with van der Waals surface area (Å²) < 4.78 is 4.81. The number of rotatable bonds is 7. The smallest absolute Gasteiger partial charge is 0.308 e. The molecule has 21 heavy (non-hydrogen) atoms. The van der Waals surface area contributed by atoms with Gasteiger partial charge < -0.3 is 4.74 Å². The minimum absolute atomic E-state index is 0.0553. The van der Waals surface area contributed by atoms with Gasteiger partial charge in [0, 0.05) is 0 Å². The topological polar surface area (TPSA) is 26.3 Å². The second-order valence-electron chi connectivity index (χ2n) is 6.27. The summed E-state index contributed by atoms with van der Waals surface area (Å²) in [5, 5.41) is 0. The molecule has 0 aromatic rings. The van der Waals surface area contributed by atoms with E-state index < -0.39 is 0 Å². The standard InChI is InChI=1S/C19H30O2/c1-15(2)7-5-8-16(3)9-6-10-17-11-13-18(14-12-17)19(20)21-4/h7,9,11,18H,5-6,8,10,12-14H2,1-4H3/b16-9+. The Balaban J connectivity index is 2.28. The molecule has 1 rings (SSSR count). The number of hydrogen-bond donors (Lipinski definition) is 0. The number of methoxy groups -OCH3 is 1. The molecule has 118 valence electrons. The average molecular weight is 290 g/mol. The third kappa shape index (κ3) is 7.31. The van der Waals surface area contributed by atoms with E-state index in [1.165, 1.54) is 23.8 Å². The van der Waals surface area contributed by atoms with Crippen molar-refractivity contribution in [2.75, 3.05) is 7.11 Å². The number of carbonyl (C=O) groups excluding carboxylic acids is 1. The molecule has 0 bridgehead atoms. The maximum absolute atomic E-state index is 11.5. The molecule has 0 aromatic heterocycles. The van der Waals surface area contributed by atoms with Crippen LogP contribution in [0.15, 0.2) is 34.9 Å². The van der Waals surface area contributed by atoms with E-state index in [1.54, 1.807) is 0 Å². The van der Waals surface area contributed by atoms with Gasteiger partial charge in [0.15, 0.2) is 0 Å². The highest BCUT2D eigenvalue weighted by atomic mass is 16.5. The van der Waals surface area contributed by atoms with Gasteiger partial charge in [-0.25, -0.2) is 0 Å². The quantitative estimate of drug-likeness (QED) is 0.466. The predicted octanol–water partition coefficient (Wildman–Crippen LogP) is 5.36. The normalized spacial score (nSPS) is 19.0. The predicted molar refractivity (Wildman–Crippen MR) is 89.1 cm³/mol. The van der Waals surface area contributed by atoms with Gasteiger partial charge in [0.05, 0.1) is 13.0 Å². The Hall–Kier alpha value is -1.31. The van der Waals surface area contributed by atoms with Gasteiger partial charge in [0.2, 0.25) is 0 Å². The van der Waals surface area contributed by atoms with Crippen LogP contribution >= 0.6 is 0 Å². The average Bonchev–Trinajstić information content (AvgIpc) is 2.46. The monoisotopic (exact) mass is 290 g/mol. The summed E-state index contributed by atoms with van der Waals surface area (Å²) >= 11 is 0. The summed E-state index contributed by atoms with van der Waals surface area (Å²) in [7, 11) is 1.48. The van der Waals surface area contributed by atoms with Crippen molar-refractivity contribution < 1.29 is 9.53 Å². The fourth-order valence-electron chi connectivity index (χ4n) is 2.69. The SMILES string of the molecule is COC(=O)C1CC=C(CC/C=C(\C)CCC=C(C)C)CC1. The van der Waals surface area contributed by atoms with Crippen molar-refractivity contribution in [3.05, 3.63) is 34.9 Å². The van der Waals surface area contributed by atoms with Crippen molar-refractivity contribution in [1.82, 2.24) is 0 Å². The van der Waals surface area contributed by atoms with Crippen LogP contribution in [-0.4, -0.2) is 13.1 Å². The van der Waals surface area contributed by atoms with Gasteiger partial charge in [0.1, 0.15) is 0 Å². The lowest BCUT2D eigenvalue weighted by Crippen LogP contribution is -2.18. The minimum atomic E-state index is -0.0553. The molecule has 0 spiro atoms. The first-order valence-corrected chi connectivity index (χ1v) is 8.07. The Bertz CT molecular complexity index is 423. The lowest BCUT2D eigenvalue weighted by Gasteiger charge is -2.19. The molecule has 1 unspecified atom stereocenters. The van der Waals surface area contributed by atoms with E-state index in [0.29, 0.717) is 0 Å². The van der Waals surface area contributed by atoms with E-state index in [9.17, 15) is 4.79 Å². The van der Waals surface area contributed by atoms with Crippen LogP contribution in [0.1, 0.15) is 65.7 Å². The molecule has 1 aliphatic carbocycles. The highest BCUT2D eigenvalue weighted by Gasteiger charge is 2.21. The lowest BCUT2D eigenvalue weighted by molar-refractivity contribution is -0.145. The van der Waals surface area contributed by atoms with E-state index >= 15 is 0 Å². The van der Waals surface area contributed by atoms with Gasteiger partial charge in [-0.2, -0.15) is 0 Å². The molecule has 2 nitrogen and oxygen atoms in total. The fraction of sp³-hybridized carbons (Fsp3) is 0.632. The lowest BCUT2D eigenvalue weighted by atomic mass is 9.88. The summed E-state index contributed by atoms with van der Waals surface area (Å²) in [5.41, 5.74) is 4.38. The third-order valence-electron chi connectivity index (χ3n) is 4.09. The molecule has 0 aromatic carbocycles. The van der Waals surface area contributed by atoms with Crippen molar-refractivity contribution in [2.24, 2.45) is 5.92 Å². The van der Waals surface area contributed by atoms with Gasteiger partial charge in [-0.1, -0.05) is 34.9 Å². The molecule has 0 heterocycles. The minimum Gasteiger partial charge on any atom is -0.469 e. The first-order chi connectivity index (χ1) is 10.0. The highest BCUT2D eigenvalue weighted by molar-refractivity contribution is 5.72. The molecule has 0 radical (unpaired) electrons. The molecule has 0 amide bonds. The van der Waals surface area contributed by atoms with Crippen LogP contribution in [0, 0.1) is 5.92 Å². The number of hydrogen-bond acceptors (Lipinski definition) is 2. The Morgan fingerprint density at radius 1 is 1.29 bits per heavy atom. The van der Waals surface area contributed by atoms with Crippen molar-refractivity contribution in [3.8, 4) is 0 Å². The Morgan fingerprint density at radius 2 is 2.05 bits per heavy atom. The maximum Gasteiger partial charge on any atom is 0.308 e. The molecule has 0 saturated carbocycles. The fourth-order valence-corrected chi connectivity index (χ4v) is 2.69. The summed E-state index contributed by atoms with van der Waals surface area (Å²) in [4.78, 5) is 11.5. The van der Waals surface area contributed by atoms with E-state index in [4.69, 9.17) is 4.74 Å². The van der Waals surface area contributed by atoms with Crippen molar-refractivity contribution in [2.45, 2.75) is 65.7 Å². The van der Waals surface area contributed by atoms with E-state index in [-0.39, 0.29) is 11.9 Å². The molecule has 0 saturated heterocycles. The van der Waals surface area contributed by atoms with E-state index in [0.717, 1.165) is 44.9 Å². The summed E-state index contributed by atoms with van der Waals surface area (Å²) in [5.74, 6) is 0.0282. The van der Waals surface area contributed by atoms with E-state index in [1.807, 2.05) is 0 Å². The molecule has 0 N–H and O–H groups in total. The van der Waals surface area contributed by atoms with Gasteiger partial charge >= 0.3 is 5.97 Å². The van der Waals surface area contributed by atoms with Crippen molar-refractivity contribution >= 4 is 5.97 Å². The Labute approximate surface area is 130 Å². The van der Waals surface area contributed by atoms with Crippen molar-refractivity contribution in [3.63, 3.8) is 0 Å². The second kappa shape index (κ2) is 9.59. The van der Waals surface area contributed by atoms with Gasteiger partial charge in [-0.3, -0.25) is 4.79 Å². The zero-order chi connectivity index (χ0) is 15.7. The largest absolute Gasteiger partial charge is 0.469 e. The van der Waals surface area contributed by atoms with Crippen LogP contribution in [-0.2, 0) is 9.53 Å². The summed E-state index contributed by atoms with van der Waals surface area (Å²) in [6.07, 6.45) is 14.3. The van der Waals surface area contributed by atoms with Crippen LogP contribution in [0.2, 0.25) is 0 Å². The number of carbonyl (C=O) groups is 1. The van der Waals surface area contributed by atoms with Gasteiger partial charge in [-0.15, -0.1) is 0 Å². The van der Waals surface area contributed by atoms with Gasteiger partial charge in [0.25, 0.3) is 0 Å². The first-order valence-electron chi connectivity index (χ1n) is 8.07. The molecular weight excluding hydrogens is 260 g/mol. The second-order valence-corrected chi connectivity index (χ2v) is 6.27. The summed E-state index contributed by atoms with van der Waals surface area (Å²) in [6.45, 7) is 6.52. The third-order valence-corrected chi connectivity index (χ3v) is 4.09. The molecule has 2 heteroatoms. The summed E-state index contributed by atoms with van der Waals surface area (Å²) in [6, 6.07) is 0. The Kier molecular flexibility index (Phi) is 8.11.